The highest BCUT2D eigenvalue weighted by Crippen LogP contribution is 2.37. The third kappa shape index (κ3) is 3.10. The van der Waals surface area contributed by atoms with Crippen molar-refractivity contribution in [3.05, 3.63) is 54.1 Å². The molecule has 2 aliphatic rings. The fourth-order valence-corrected chi connectivity index (χ4v) is 3.23. The lowest BCUT2D eigenvalue weighted by Gasteiger charge is -2.35. The molecule has 2 aromatic carbocycles. The second-order valence-electron chi connectivity index (χ2n) is 6.17. The van der Waals surface area contributed by atoms with Crippen LogP contribution in [0.5, 0.6) is 11.5 Å². The van der Waals surface area contributed by atoms with Crippen molar-refractivity contribution >= 4 is 17.6 Å². The number of hydrogen-bond donors (Lipinski definition) is 0. The van der Waals surface area contributed by atoms with Gasteiger partial charge in [-0.3, -0.25) is 0 Å². The van der Waals surface area contributed by atoms with Crippen molar-refractivity contribution in [2.45, 2.75) is 6.92 Å². The molecule has 0 radical (unpaired) electrons. The maximum Gasteiger partial charge on any atom is 0.409 e. The summed E-state index contributed by atoms with van der Waals surface area (Å²) in [5.74, 6) is 2.43. The van der Waals surface area contributed by atoms with Crippen LogP contribution in [-0.4, -0.2) is 54.5 Å². The first kappa shape index (κ1) is 16.4. The van der Waals surface area contributed by atoms with Gasteiger partial charge in [0, 0.05) is 26.2 Å². The van der Waals surface area contributed by atoms with Crippen LogP contribution in [-0.2, 0) is 4.74 Å². The Morgan fingerprint density at radius 3 is 2.50 bits per heavy atom. The topological polar surface area (TPSA) is 54.4 Å². The average Bonchev–Trinajstić information content (AvgIpc) is 2.85. The van der Waals surface area contributed by atoms with Crippen molar-refractivity contribution in [2.24, 2.45) is 4.99 Å². The van der Waals surface area contributed by atoms with E-state index in [0.717, 1.165) is 28.6 Å². The Labute approximate surface area is 152 Å². The van der Waals surface area contributed by atoms with Crippen LogP contribution in [0.4, 0.5) is 10.5 Å². The van der Waals surface area contributed by atoms with Crippen LogP contribution in [0.3, 0.4) is 0 Å². The van der Waals surface area contributed by atoms with Gasteiger partial charge in [-0.2, -0.15) is 0 Å². The molecule has 6 nitrogen and oxygen atoms in total. The molecule has 134 valence electrons. The van der Waals surface area contributed by atoms with E-state index in [1.807, 2.05) is 55.5 Å². The summed E-state index contributed by atoms with van der Waals surface area (Å²) in [6, 6.07) is 15.7. The molecule has 2 aromatic rings. The monoisotopic (exact) mass is 351 g/mol. The van der Waals surface area contributed by atoms with E-state index < -0.39 is 0 Å². The van der Waals surface area contributed by atoms with Gasteiger partial charge in [0.2, 0.25) is 0 Å². The van der Waals surface area contributed by atoms with Gasteiger partial charge in [-0.25, -0.2) is 9.79 Å². The average molecular weight is 351 g/mol. The summed E-state index contributed by atoms with van der Waals surface area (Å²) in [7, 11) is 0. The lowest BCUT2D eigenvalue weighted by atomic mass is 10.1. The Hall–Kier alpha value is -3.02. The lowest BCUT2D eigenvalue weighted by Crippen LogP contribution is -2.50. The number of rotatable bonds is 1. The highest BCUT2D eigenvalue weighted by Gasteiger charge is 2.27. The van der Waals surface area contributed by atoms with Crippen LogP contribution in [0.1, 0.15) is 12.5 Å². The van der Waals surface area contributed by atoms with Crippen molar-refractivity contribution in [1.82, 2.24) is 9.80 Å². The molecule has 0 aromatic heterocycles. The first-order valence-corrected chi connectivity index (χ1v) is 8.88. The van der Waals surface area contributed by atoms with Gasteiger partial charge in [0.05, 0.1) is 12.2 Å². The molecule has 1 saturated heterocycles. The summed E-state index contributed by atoms with van der Waals surface area (Å²) in [5.41, 5.74) is 1.78. The molecule has 2 heterocycles. The fourth-order valence-electron chi connectivity index (χ4n) is 3.23. The highest BCUT2D eigenvalue weighted by molar-refractivity contribution is 6.03. The summed E-state index contributed by atoms with van der Waals surface area (Å²) in [6.07, 6.45) is -0.246. The molecule has 1 amide bonds. The van der Waals surface area contributed by atoms with Crippen LogP contribution in [0.25, 0.3) is 0 Å². The normalized spacial score (nSPS) is 16.0. The summed E-state index contributed by atoms with van der Waals surface area (Å²) in [4.78, 5) is 20.8. The molecule has 0 atom stereocenters. The molecular weight excluding hydrogens is 330 g/mol. The third-order valence-electron chi connectivity index (χ3n) is 4.54. The number of amidine groups is 1. The largest absolute Gasteiger partial charge is 0.454 e. The van der Waals surface area contributed by atoms with Gasteiger partial charge in [0.15, 0.2) is 5.75 Å². The minimum atomic E-state index is -0.246. The molecule has 4 rings (SSSR count). The first-order valence-electron chi connectivity index (χ1n) is 8.88. The molecule has 26 heavy (non-hydrogen) atoms. The van der Waals surface area contributed by atoms with E-state index in [1.54, 1.807) is 4.90 Å². The molecule has 0 N–H and O–H groups in total. The highest BCUT2D eigenvalue weighted by atomic mass is 16.6. The second kappa shape index (κ2) is 7.07. The summed E-state index contributed by atoms with van der Waals surface area (Å²) in [6.45, 7) is 4.85. The second-order valence-corrected chi connectivity index (χ2v) is 6.17. The number of amides is 1. The molecule has 6 heteroatoms. The van der Waals surface area contributed by atoms with Crippen molar-refractivity contribution in [3.8, 4) is 11.5 Å². The van der Waals surface area contributed by atoms with Crippen molar-refractivity contribution < 1.29 is 14.3 Å². The zero-order chi connectivity index (χ0) is 17.9. The number of benzene rings is 2. The Morgan fingerprint density at radius 2 is 1.73 bits per heavy atom. The molecule has 0 aliphatic carbocycles. The lowest BCUT2D eigenvalue weighted by molar-refractivity contribution is 0.0921. The van der Waals surface area contributed by atoms with E-state index in [-0.39, 0.29) is 6.09 Å². The number of carbonyl (C=O) groups excluding carboxylic acids is 1. The first-order chi connectivity index (χ1) is 12.8. The van der Waals surface area contributed by atoms with E-state index in [9.17, 15) is 4.79 Å². The Balaban J connectivity index is 1.63. The van der Waals surface area contributed by atoms with Crippen molar-refractivity contribution in [2.75, 3.05) is 32.8 Å². The molecule has 0 unspecified atom stereocenters. The molecule has 0 bridgehead atoms. The van der Waals surface area contributed by atoms with Crippen LogP contribution in [0.15, 0.2) is 53.5 Å². The predicted molar refractivity (Wildman–Crippen MR) is 99.3 cm³/mol. The molecule has 2 aliphatic heterocycles. The molecular formula is C20H21N3O3. The van der Waals surface area contributed by atoms with Crippen molar-refractivity contribution in [1.29, 1.82) is 0 Å². The number of nitrogens with zero attached hydrogens (tertiary/aromatic N) is 3. The SMILES string of the molecule is CCOC(=O)N1CCN(C2=Nc3ccccc3Oc3ccccc32)CC1. The fraction of sp³-hybridized carbons (Fsp3) is 0.300. The number of piperazine rings is 1. The summed E-state index contributed by atoms with van der Waals surface area (Å²) >= 11 is 0. The maximum absolute atomic E-state index is 11.9. The number of aliphatic imine (C=N–C) groups is 1. The van der Waals surface area contributed by atoms with Crippen molar-refractivity contribution in [3.63, 3.8) is 0 Å². The number of fused-ring (bicyclic) bond motifs is 2. The summed E-state index contributed by atoms with van der Waals surface area (Å²) in [5, 5.41) is 0. The number of ether oxygens (including phenoxy) is 2. The van der Waals surface area contributed by atoms with E-state index in [0.29, 0.717) is 32.8 Å². The molecule has 1 fully saturated rings. The Morgan fingerprint density at radius 1 is 1.04 bits per heavy atom. The molecule has 0 saturated carbocycles. The smallest absolute Gasteiger partial charge is 0.409 e. The molecule has 0 spiro atoms. The quantitative estimate of drug-likeness (QED) is 0.787. The van der Waals surface area contributed by atoms with Crippen LogP contribution < -0.4 is 4.74 Å². The van der Waals surface area contributed by atoms with Crippen LogP contribution in [0, 0.1) is 0 Å². The van der Waals surface area contributed by atoms with E-state index in [4.69, 9.17) is 14.5 Å². The van der Waals surface area contributed by atoms with Gasteiger partial charge in [0.1, 0.15) is 17.3 Å². The minimum Gasteiger partial charge on any atom is -0.454 e. The third-order valence-corrected chi connectivity index (χ3v) is 4.54. The minimum absolute atomic E-state index is 0.246. The Kier molecular flexibility index (Phi) is 4.48. The standard InChI is InChI=1S/C20H21N3O3/c1-2-25-20(24)23-13-11-22(12-14-23)19-15-7-3-5-9-17(15)26-18-10-6-4-8-16(18)21-19/h3-10H,2,11-14H2,1H3. The zero-order valence-corrected chi connectivity index (χ0v) is 14.7. The number of para-hydroxylation sites is 3. The number of carbonyl (C=O) groups is 1. The van der Waals surface area contributed by atoms with Gasteiger partial charge in [-0.05, 0) is 31.2 Å². The van der Waals surface area contributed by atoms with Gasteiger partial charge < -0.3 is 19.3 Å². The van der Waals surface area contributed by atoms with Gasteiger partial charge in [0.25, 0.3) is 0 Å². The Bertz CT molecular complexity index is 842. The van der Waals surface area contributed by atoms with E-state index in [1.165, 1.54) is 0 Å². The maximum atomic E-state index is 11.9. The summed E-state index contributed by atoms with van der Waals surface area (Å²) < 4.78 is 11.2. The van der Waals surface area contributed by atoms with E-state index in [2.05, 4.69) is 4.90 Å². The van der Waals surface area contributed by atoms with E-state index >= 15 is 0 Å². The predicted octanol–water partition coefficient (Wildman–Crippen LogP) is 3.64. The zero-order valence-electron chi connectivity index (χ0n) is 14.7. The van der Waals surface area contributed by atoms with Crippen LogP contribution >= 0.6 is 0 Å². The van der Waals surface area contributed by atoms with Gasteiger partial charge in [-0.1, -0.05) is 24.3 Å². The van der Waals surface area contributed by atoms with Gasteiger partial charge >= 0.3 is 6.09 Å². The number of hydrogen-bond acceptors (Lipinski definition) is 5. The van der Waals surface area contributed by atoms with Crippen LogP contribution in [0.2, 0.25) is 0 Å². The van der Waals surface area contributed by atoms with Gasteiger partial charge in [-0.15, -0.1) is 0 Å².